The Bertz CT molecular complexity index is 1080. The molecule has 1 aliphatic heterocycles. The smallest absolute Gasteiger partial charge is 0.329 e. The molecule has 3 aromatic rings. The van der Waals surface area contributed by atoms with Crippen LogP contribution in [0.2, 0.25) is 0 Å². The largest absolute Gasteiger partial charge is 0.333 e. The molecule has 1 amide bonds. The van der Waals surface area contributed by atoms with Crippen LogP contribution in [0.5, 0.6) is 0 Å². The minimum Gasteiger partial charge on any atom is -0.333 e. The van der Waals surface area contributed by atoms with E-state index in [1.807, 2.05) is 43.7 Å². The third-order valence-electron chi connectivity index (χ3n) is 5.39. The van der Waals surface area contributed by atoms with Crippen LogP contribution in [0.4, 0.5) is 5.69 Å². The van der Waals surface area contributed by atoms with E-state index < -0.39 is 0 Å². The lowest BCUT2D eigenvalue weighted by Gasteiger charge is -2.09. The molecule has 0 fully saturated rings. The highest BCUT2D eigenvalue weighted by Gasteiger charge is 2.18. The highest BCUT2D eigenvalue weighted by Crippen LogP contribution is 2.24. The third-order valence-corrected chi connectivity index (χ3v) is 5.39. The number of hydrogen-bond donors (Lipinski definition) is 2. The molecule has 0 aliphatic carbocycles. The van der Waals surface area contributed by atoms with Gasteiger partial charge in [0.05, 0.1) is 11.0 Å². The predicted molar refractivity (Wildman–Crippen MR) is 109 cm³/mol. The maximum absolute atomic E-state index is 12.8. The number of aromatic nitrogens is 4. The number of carbonyl (C=O) groups excluding carboxylic acids is 1. The van der Waals surface area contributed by atoms with Gasteiger partial charge >= 0.3 is 5.69 Å². The van der Waals surface area contributed by atoms with Crippen LogP contribution in [0.15, 0.2) is 23.1 Å². The fourth-order valence-electron chi connectivity index (χ4n) is 3.88. The summed E-state index contributed by atoms with van der Waals surface area (Å²) in [5.74, 6) is 0.707. The zero-order chi connectivity index (χ0) is 19.8. The van der Waals surface area contributed by atoms with Gasteiger partial charge in [-0.2, -0.15) is 0 Å². The monoisotopic (exact) mass is 382 g/mol. The van der Waals surface area contributed by atoms with Gasteiger partial charge in [0.25, 0.3) is 5.91 Å². The second kappa shape index (κ2) is 7.27. The van der Waals surface area contributed by atoms with Crippen LogP contribution < -0.4 is 16.3 Å². The molecular formula is C20H26N6O2. The van der Waals surface area contributed by atoms with Gasteiger partial charge < -0.3 is 15.2 Å². The van der Waals surface area contributed by atoms with Crippen molar-refractivity contribution in [3.05, 3.63) is 45.9 Å². The van der Waals surface area contributed by atoms with Crippen molar-refractivity contribution < 1.29 is 4.79 Å². The van der Waals surface area contributed by atoms with E-state index in [9.17, 15) is 9.59 Å². The average molecular weight is 382 g/mol. The zero-order valence-corrected chi connectivity index (χ0v) is 16.6. The van der Waals surface area contributed by atoms with Gasteiger partial charge in [-0.05, 0) is 38.5 Å². The SMILES string of the molecule is CCn1c(=O)n(CC)c2cc(NC(=O)c3cn4c(n3)CCNCC4)c(C)cc21. The molecule has 8 nitrogen and oxygen atoms in total. The summed E-state index contributed by atoms with van der Waals surface area (Å²) < 4.78 is 5.54. The highest BCUT2D eigenvalue weighted by molar-refractivity contribution is 6.04. The highest BCUT2D eigenvalue weighted by atomic mass is 16.2. The molecule has 0 bridgehead atoms. The van der Waals surface area contributed by atoms with Crippen molar-refractivity contribution in [1.29, 1.82) is 0 Å². The zero-order valence-electron chi connectivity index (χ0n) is 16.6. The number of fused-ring (bicyclic) bond motifs is 2. The Hall–Kier alpha value is -2.87. The van der Waals surface area contributed by atoms with E-state index in [2.05, 4.69) is 15.6 Å². The first-order chi connectivity index (χ1) is 13.5. The van der Waals surface area contributed by atoms with Gasteiger partial charge in [0.1, 0.15) is 11.5 Å². The number of imidazole rings is 2. The molecule has 0 spiro atoms. The van der Waals surface area contributed by atoms with Gasteiger partial charge in [0, 0.05) is 51.0 Å². The summed E-state index contributed by atoms with van der Waals surface area (Å²) in [6.45, 7) is 9.62. The molecule has 2 aromatic heterocycles. The fraction of sp³-hybridized carbons (Fsp3) is 0.450. The summed E-state index contributed by atoms with van der Waals surface area (Å²) in [7, 11) is 0. The lowest BCUT2D eigenvalue weighted by molar-refractivity contribution is 0.102. The summed E-state index contributed by atoms with van der Waals surface area (Å²) in [4.78, 5) is 29.9. The van der Waals surface area contributed by atoms with Crippen LogP contribution in [-0.4, -0.2) is 37.7 Å². The van der Waals surface area contributed by atoms with Crippen molar-refractivity contribution in [2.24, 2.45) is 0 Å². The molecule has 4 rings (SSSR count). The lowest BCUT2D eigenvalue weighted by Crippen LogP contribution is -2.23. The van der Waals surface area contributed by atoms with E-state index in [4.69, 9.17) is 0 Å². The molecule has 1 aromatic carbocycles. The number of hydrogen-bond acceptors (Lipinski definition) is 4. The van der Waals surface area contributed by atoms with Gasteiger partial charge in [-0.25, -0.2) is 9.78 Å². The van der Waals surface area contributed by atoms with Gasteiger partial charge in [0.15, 0.2) is 0 Å². The van der Waals surface area contributed by atoms with E-state index >= 15 is 0 Å². The Labute approximate surface area is 163 Å². The number of aryl methyl sites for hydroxylation is 3. The summed E-state index contributed by atoms with van der Waals surface area (Å²) in [5, 5.41) is 6.31. The van der Waals surface area contributed by atoms with Crippen molar-refractivity contribution in [2.75, 3.05) is 18.4 Å². The van der Waals surface area contributed by atoms with Crippen molar-refractivity contribution in [3.63, 3.8) is 0 Å². The number of nitrogens with zero attached hydrogens (tertiary/aromatic N) is 4. The number of rotatable bonds is 4. The summed E-state index contributed by atoms with van der Waals surface area (Å²) in [6, 6.07) is 3.86. The number of benzene rings is 1. The minimum atomic E-state index is -0.226. The van der Waals surface area contributed by atoms with Crippen molar-refractivity contribution >= 4 is 22.6 Å². The molecule has 3 heterocycles. The van der Waals surface area contributed by atoms with E-state index in [0.29, 0.717) is 24.5 Å². The topological polar surface area (TPSA) is 85.9 Å². The Morgan fingerprint density at radius 2 is 1.89 bits per heavy atom. The Morgan fingerprint density at radius 1 is 1.18 bits per heavy atom. The number of carbonyl (C=O) groups is 1. The maximum atomic E-state index is 12.8. The fourth-order valence-corrected chi connectivity index (χ4v) is 3.88. The molecule has 0 atom stereocenters. The van der Waals surface area contributed by atoms with Gasteiger partial charge in [0.2, 0.25) is 0 Å². The molecule has 1 aliphatic rings. The van der Waals surface area contributed by atoms with Crippen molar-refractivity contribution in [1.82, 2.24) is 24.0 Å². The van der Waals surface area contributed by atoms with Crippen LogP contribution >= 0.6 is 0 Å². The van der Waals surface area contributed by atoms with Crippen LogP contribution in [0.1, 0.15) is 35.7 Å². The minimum absolute atomic E-state index is 0.0191. The van der Waals surface area contributed by atoms with Crippen molar-refractivity contribution in [3.8, 4) is 0 Å². The summed E-state index contributed by atoms with van der Waals surface area (Å²) in [5.41, 5.74) is 3.76. The van der Waals surface area contributed by atoms with Gasteiger partial charge in [-0.15, -0.1) is 0 Å². The van der Waals surface area contributed by atoms with Crippen LogP contribution in [-0.2, 0) is 26.1 Å². The Balaban J connectivity index is 1.69. The molecule has 0 radical (unpaired) electrons. The first-order valence-electron chi connectivity index (χ1n) is 9.85. The first-order valence-corrected chi connectivity index (χ1v) is 9.85. The van der Waals surface area contributed by atoms with Crippen LogP contribution in [0.3, 0.4) is 0 Å². The standard InChI is InChI=1S/C20H26N6O2/c1-4-25-16-10-13(3)14(11-17(16)26(5-2)20(25)28)23-19(27)15-12-24-9-8-21-7-6-18(24)22-15/h10-12,21H,4-9H2,1-3H3,(H,23,27). The van der Waals surface area contributed by atoms with E-state index in [0.717, 1.165) is 48.5 Å². The number of anilines is 1. The molecule has 0 saturated carbocycles. The Kier molecular flexibility index (Phi) is 4.80. The summed E-state index contributed by atoms with van der Waals surface area (Å²) >= 11 is 0. The van der Waals surface area contributed by atoms with Gasteiger partial charge in [-0.3, -0.25) is 13.9 Å². The van der Waals surface area contributed by atoms with E-state index in [1.165, 1.54) is 0 Å². The molecule has 28 heavy (non-hydrogen) atoms. The van der Waals surface area contributed by atoms with E-state index in [-0.39, 0.29) is 11.6 Å². The van der Waals surface area contributed by atoms with E-state index in [1.54, 1.807) is 9.13 Å². The normalized spacial score (nSPS) is 14.1. The molecular weight excluding hydrogens is 356 g/mol. The second-order valence-electron chi connectivity index (χ2n) is 7.12. The molecule has 0 unspecified atom stereocenters. The molecule has 148 valence electrons. The second-order valence-corrected chi connectivity index (χ2v) is 7.12. The molecule has 0 saturated heterocycles. The van der Waals surface area contributed by atoms with Crippen molar-refractivity contribution in [2.45, 2.75) is 46.8 Å². The Morgan fingerprint density at radius 3 is 2.61 bits per heavy atom. The first kappa shape index (κ1) is 18.5. The number of amides is 1. The van der Waals surface area contributed by atoms with Crippen LogP contribution in [0.25, 0.3) is 11.0 Å². The maximum Gasteiger partial charge on any atom is 0.329 e. The third kappa shape index (κ3) is 3.03. The predicted octanol–water partition coefficient (Wildman–Crippen LogP) is 1.75. The summed E-state index contributed by atoms with van der Waals surface area (Å²) in [6.07, 6.45) is 2.63. The van der Waals surface area contributed by atoms with Crippen LogP contribution in [0, 0.1) is 6.92 Å². The van der Waals surface area contributed by atoms with Gasteiger partial charge in [-0.1, -0.05) is 0 Å². The lowest BCUT2D eigenvalue weighted by atomic mass is 10.1. The average Bonchev–Trinajstić information content (AvgIpc) is 3.11. The quantitative estimate of drug-likeness (QED) is 0.720. The molecule has 8 heteroatoms. The number of nitrogens with one attached hydrogen (secondary N) is 2. The molecule has 2 N–H and O–H groups in total.